The first-order chi connectivity index (χ1) is 10.2. The largest absolute Gasteiger partial charge is 0.370 e. The van der Waals surface area contributed by atoms with Crippen LogP contribution in [0.25, 0.3) is 0 Å². The number of anilines is 1. The number of rotatable bonds is 7. The number of hydrogen-bond donors (Lipinski definition) is 1. The molecule has 0 bridgehead atoms. The summed E-state index contributed by atoms with van der Waals surface area (Å²) < 4.78 is 0. The number of pyridine rings is 1. The minimum absolute atomic E-state index is 0.779. The van der Waals surface area contributed by atoms with Crippen molar-refractivity contribution in [2.24, 2.45) is 0 Å². The second kappa shape index (κ2) is 8.01. The van der Waals surface area contributed by atoms with E-state index in [2.05, 4.69) is 41.3 Å². The first-order valence-electron chi connectivity index (χ1n) is 7.30. The third-order valence-corrected chi connectivity index (χ3v) is 3.57. The lowest BCUT2D eigenvalue weighted by atomic mass is 10.1. The van der Waals surface area contributed by atoms with Gasteiger partial charge in [-0.25, -0.2) is 0 Å². The van der Waals surface area contributed by atoms with Gasteiger partial charge in [-0.05, 0) is 48.4 Å². The smallest absolute Gasteiger partial charge is 0.0441 e. The Balaban J connectivity index is 2.13. The van der Waals surface area contributed by atoms with Crippen LogP contribution in [0, 0.1) is 0 Å². The Kier molecular flexibility index (Phi) is 6.03. The topological polar surface area (TPSA) is 28.2 Å². The predicted molar refractivity (Wildman–Crippen MR) is 89.8 cm³/mol. The first kappa shape index (κ1) is 15.8. The molecule has 0 fully saturated rings. The number of nitrogens with one attached hydrogen (secondary N) is 1. The highest BCUT2D eigenvalue weighted by molar-refractivity contribution is 6.30. The zero-order valence-corrected chi connectivity index (χ0v) is 13.4. The molecule has 0 aliphatic rings. The molecule has 0 aliphatic heterocycles. The van der Waals surface area contributed by atoms with Crippen molar-refractivity contribution in [1.82, 2.24) is 10.3 Å². The van der Waals surface area contributed by atoms with Crippen LogP contribution in [0.15, 0.2) is 42.7 Å². The third kappa shape index (κ3) is 4.73. The highest BCUT2D eigenvalue weighted by Gasteiger charge is 2.09. The van der Waals surface area contributed by atoms with Gasteiger partial charge in [-0.15, -0.1) is 0 Å². The quantitative estimate of drug-likeness (QED) is 0.787. The van der Waals surface area contributed by atoms with E-state index in [9.17, 15) is 0 Å². The van der Waals surface area contributed by atoms with E-state index in [1.807, 2.05) is 24.4 Å². The monoisotopic (exact) mass is 303 g/mol. The molecule has 4 heteroatoms. The van der Waals surface area contributed by atoms with Crippen molar-refractivity contribution in [3.05, 3.63) is 58.9 Å². The number of aromatic nitrogens is 1. The second-order valence-corrected chi connectivity index (χ2v) is 5.60. The summed E-state index contributed by atoms with van der Waals surface area (Å²) in [7, 11) is 2.10. The van der Waals surface area contributed by atoms with Gasteiger partial charge in [-0.3, -0.25) is 4.98 Å². The van der Waals surface area contributed by atoms with Crippen LogP contribution in [0.2, 0.25) is 5.02 Å². The molecule has 0 radical (unpaired) electrons. The normalized spacial score (nSPS) is 10.6. The standard InChI is InChI=1S/C17H22ClN3/c1-3-8-19-12-15-10-16(18)6-7-17(15)21(2)13-14-5-4-9-20-11-14/h4-7,9-11,19H,3,8,12-13H2,1-2H3. The van der Waals surface area contributed by atoms with E-state index in [1.54, 1.807) is 6.20 Å². The lowest BCUT2D eigenvalue weighted by Crippen LogP contribution is -2.21. The van der Waals surface area contributed by atoms with Gasteiger partial charge in [0, 0.05) is 43.2 Å². The van der Waals surface area contributed by atoms with Crippen LogP contribution in [-0.4, -0.2) is 18.6 Å². The summed E-state index contributed by atoms with van der Waals surface area (Å²) in [5.41, 5.74) is 3.62. The van der Waals surface area contributed by atoms with Gasteiger partial charge in [0.1, 0.15) is 0 Å². The SMILES string of the molecule is CCCNCc1cc(Cl)ccc1N(C)Cc1cccnc1. The van der Waals surface area contributed by atoms with Gasteiger partial charge in [0.2, 0.25) is 0 Å². The number of halogens is 1. The average molecular weight is 304 g/mol. The maximum atomic E-state index is 6.14. The number of benzene rings is 1. The number of hydrogen-bond acceptors (Lipinski definition) is 3. The Bertz CT molecular complexity index is 557. The van der Waals surface area contributed by atoms with Gasteiger partial charge in [0.05, 0.1) is 0 Å². The van der Waals surface area contributed by atoms with E-state index in [0.29, 0.717) is 0 Å². The molecule has 0 amide bonds. The fourth-order valence-corrected chi connectivity index (χ4v) is 2.51. The van der Waals surface area contributed by atoms with Crippen molar-refractivity contribution in [2.45, 2.75) is 26.4 Å². The van der Waals surface area contributed by atoms with Gasteiger partial charge in [0.25, 0.3) is 0 Å². The zero-order valence-electron chi connectivity index (χ0n) is 12.6. The van der Waals surface area contributed by atoms with Crippen LogP contribution in [0.4, 0.5) is 5.69 Å². The molecule has 112 valence electrons. The fraction of sp³-hybridized carbons (Fsp3) is 0.353. The van der Waals surface area contributed by atoms with Crippen LogP contribution in [-0.2, 0) is 13.1 Å². The molecular weight excluding hydrogens is 282 g/mol. The van der Waals surface area contributed by atoms with Crippen molar-refractivity contribution in [3.63, 3.8) is 0 Å². The Hall–Kier alpha value is -1.58. The third-order valence-electron chi connectivity index (χ3n) is 3.34. The Morgan fingerprint density at radius 2 is 2.14 bits per heavy atom. The molecule has 2 aromatic rings. The van der Waals surface area contributed by atoms with E-state index < -0.39 is 0 Å². The molecule has 2 rings (SSSR count). The summed E-state index contributed by atoms with van der Waals surface area (Å²) in [6, 6.07) is 10.1. The highest BCUT2D eigenvalue weighted by atomic mass is 35.5. The lowest BCUT2D eigenvalue weighted by Gasteiger charge is -2.23. The van der Waals surface area contributed by atoms with Crippen molar-refractivity contribution in [1.29, 1.82) is 0 Å². The van der Waals surface area contributed by atoms with Gasteiger partial charge < -0.3 is 10.2 Å². The molecule has 3 nitrogen and oxygen atoms in total. The molecule has 0 atom stereocenters. The lowest BCUT2D eigenvalue weighted by molar-refractivity contribution is 0.673. The maximum absolute atomic E-state index is 6.14. The molecule has 0 aliphatic carbocycles. The maximum Gasteiger partial charge on any atom is 0.0441 e. The molecule has 0 saturated carbocycles. The van der Waals surface area contributed by atoms with Gasteiger partial charge >= 0.3 is 0 Å². The molecule has 21 heavy (non-hydrogen) atoms. The van der Waals surface area contributed by atoms with Crippen molar-refractivity contribution >= 4 is 17.3 Å². The minimum Gasteiger partial charge on any atom is -0.370 e. The van der Waals surface area contributed by atoms with Crippen LogP contribution in [0.5, 0.6) is 0 Å². The van der Waals surface area contributed by atoms with E-state index in [-0.39, 0.29) is 0 Å². The van der Waals surface area contributed by atoms with Crippen LogP contribution in [0.3, 0.4) is 0 Å². The molecule has 1 aromatic heterocycles. The zero-order chi connectivity index (χ0) is 15.1. The van der Waals surface area contributed by atoms with Crippen molar-refractivity contribution < 1.29 is 0 Å². The van der Waals surface area contributed by atoms with Crippen LogP contribution >= 0.6 is 11.6 Å². The summed E-state index contributed by atoms with van der Waals surface area (Å²) in [4.78, 5) is 6.40. The predicted octanol–water partition coefficient (Wildman–Crippen LogP) is 3.87. The summed E-state index contributed by atoms with van der Waals surface area (Å²) in [5, 5.41) is 4.22. The van der Waals surface area contributed by atoms with Crippen molar-refractivity contribution in [2.75, 3.05) is 18.5 Å². The summed E-state index contributed by atoms with van der Waals surface area (Å²) in [6.07, 6.45) is 4.83. The van der Waals surface area contributed by atoms with E-state index in [4.69, 9.17) is 11.6 Å². The molecule has 0 unspecified atom stereocenters. The summed E-state index contributed by atoms with van der Waals surface area (Å²) >= 11 is 6.14. The minimum atomic E-state index is 0.779. The Labute approximate surface area is 132 Å². The Morgan fingerprint density at radius 1 is 1.29 bits per heavy atom. The van der Waals surface area contributed by atoms with E-state index in [1.165, 1.54) is 16.8 Å². The van der Waals surface area contributed by atoms with Gasteiger partial charge in [-0.2, -0.15) is 0 Å². The number of nitrogens with zero attached hydrogens (tertiary/aromatic N) is 2. The van der Waals surface area contributed by atoms with E-state index >= 15 is 0 Å². The van der Waals surface area contributed by atoms with Crippen LogP contribution < -0.4 is 10.2 Å². The van der Waals surface area contributed by atoms with E-state index in [0.717, 1.165) is 31.1 Å². The molecule has 1 heterocycles. The molecule has 0 saturated heterocycles. The second-order valence-electron chi connectivity index (χ2n) is 5.17. The van der Waals surface area contributed by atoms with Crippen LogP contribution in [0.1, 0.15) is 24.5 Å². The molecule has 0 spiro atoms. The van der Waals surface area contributed by atoms with Crippen molar-refractivity contribution in [3.8, 4) is 0 Å². The summed E-state index contributed by atoms with van der Waals surface area (Å²) in [5.74, 6) is 0. The van der Waals surface area contributed by atoms with Gasteiger partial charge in [-0.1, -0.05) is 24.6 Å². The van der Waals surface area contributed by atoms with Gasteiger partial charge in [0.15, 0.2) is 0 Å². The molecule has 1 N–H and O–H groups in total. The molecular formula is C17H22ClN3. The fourth-order valence-electron chi connectivity index (χ4n) is 2.32. The first-order valence-corrected chi connectivity index (χ1v) is 7.67. The highest BCUT2D eigenvalue weighted by Crippen LogP contribution is 2.24. The summed E-state index contributed by atoms with van der Waals surface area (Å²) in [6.45, 7) is 4.84. The Morgan fingerprint density at radius 3 is 2.86 bits per heavy atom. The average Bonchev–Trinajstić information content (AvgIpc) is 2.48. The molecule has 1 aromatic carbocycles.